The minimum Gasteiger partial charge on any atom is -0.495 e. The second-order valence-electron chi connectivity index (χ2n) is 8.52. The summed E-state index contributed by atoms with van der Waals surface area (Å²) in [5.74, 6) is 6.25. The fourth-order valence-electron chi connectivity index (χ4n) is 3.93. The number of rotatable bonds is 5. The third-order valence-electron chi connectivity index (χ3n) is 5.82. The predicted molar refractivity (Wildman–Crippen MR) is 160 cm³/mol. The Bertz CT molecular complexity index is 1400. The normalized spacial score (nSPS) is 16.1. The second kappa shape index (κ2) is 12.1. The number of nitrogens with one attached hydrogen (secondary N) is 1. The number of aromatic nitrogens is 2. The van der Waals surface area contributed by atoms with Crippen molar-refractivity contribution in [3.8, 4) is 17.6 Å². The van der Waals surface area contributed by atoms with Crippen LogP contribution in [-0.2, 0) is 4.74 Å². The van der Waals surface area contributed by atoms with Crippen molar-refractivity contribution < 1.29 is 14.3 Å². The molecule has 2 atom stereocenters. The van der Waals surface area contributed by atoms with Crippen LogP contribution in [0.2, 0.25) is 5.02 Å². The van der Waals surface area contributed by atoms with E-state index in [9.17, 15) is 4.79 Å². The summed E-state index contributed by atoms with van der Waals surface area (Å²) < 4.78 is 10.0. The van der Waals surface area contributed by atoms with E-state index < -0.39 is 5.97 Å². The molecule has 0 radical (unpaired) electrons. The van der Waals surface area contributed by atoms with Gasteiger partial charge in [0.1, 0.15) is 16.7 Å². The van der Waals surface area contributed by atoms with Gasteiger partial charge in [-0.05, 0) is 50.2 Å². The van der Waals surface area contributed by atoms with Gasteiger partial charge in [-0.1, -0.05) is 23.4 Å². The molecule has 1 unspecified atom stereocenters. The lowest BCUT2D eigenvalue weighted by atomic mass is 10.1. The first-order chi connectivity index (χ1) is 17.8. The van der Waals surface area contributed by atoms with Gasteiger partial charge in [-0.3, -0.25) is 0 Å². The van der Waals surface area contributed by atoms with Crippen molar-refractivity contribution in [2.24, 2.45) is 0 Å². The van der Waals surface area contributed by atoms with E-state index in [0.29, 0.717) is 39.1 Å². The molecule has 1 aromatic heterocycles. The summed E-state index contributed by atoms with van der Waals surface area (Å²) >= 11 is 8.98. The Kier molecular flexibility index (Phi) is 8.91. The summed E-state index contributed by atoms with van der Waals surface area (Å²) in [6.45, 7) is 6.70. The zero-order valence-corrected chi connectivity index (χ0v) is 24.7. The van der Waals surface area contributed by atoms with Gasteiger partial charge in [0.25, 0.3) is 0 Å². The molecule has 2 aromatic carbocycles. The number of methoxy groups -OCH3 is 2. The van der Waals surface area contributed by atoms with Gasteiger partial charge in [-0.15, -0.1) is 0 Å². The molecule has 0 aliphatic carbocycles. The molecule has 0 fully saturated rings. The summed E-state index contributed by atoms with van der Waals surface area (Å²) in [6, 6.07) is 11.4. The lowest BCUT2D eigenvalue weighted by molar-refractivity contribution is 0.0600. The molecule has 37 heavy (non-hydrogen) atoms. The number of ether oxygens (including phenoxy) is 2. The number of anilines is 3. The minimum absolute atomic E-state index is 0.0230. The number of carbonyl (C=O) groups excluding carboxylic acids is 1. The fraction of sp³-hybridized carbons (Fsp3) is 0.259. The molecule has 0 amide bonds. The van der Waals surface area contributed by atoms with E-state index in [1.165, 1.54) is 26.0 Å². The quantitative estimate of drug-likeness (QED) is 0.151. The topological polar surface area (TPSA) is 76.6 Å². The Morgan fingerprint density at radius 2 is 1.89 bits per heavy atom. The first kappa shape index (κ1) is 27.2. The molecule has 7 nitrogen and oxygen atoms in total. The zero-order valence-electron chi connectivity index (χ0n) is 20.9. The van der Waals surface area contributed by atoms with E-state index in [1.54, 1.807) is 23.8 Å². The highest BCUT2D eigenvalue weighted by Crippen LogP contribution is 2.44. The summed E-state index contributed by atoms with van der Waals surface area (Å²) in [7, 11) is 2.78. The molecule has 0 saturated carbocycles. The van der Waals surface area contributed by atoms with Crippen LogP contribution in [0.25, 0.3) is 0 Å². The molecule has 0 bridgehead atoms. The molecular formula is C27H26ClIN4O3P+. The zero-order chi connectivity index (χ0) is 26.5. The first-order valence-electron chi connectivity index (χ1n) is 11.5. The van der Waals surface area contributed by atoms with Crippen LogP contribution in [0.3, 0.4) is 0 Å². The van der Waals surface area contributed by atoms with Gasteiger partial charge >= 0.3 is 5.97 Å². The van der Waals surface area contributed by atoms with Gasteiger partial charge in [-0.25, -0.2) is 14.8 Å². The number of halogens is 2. The Labute approximate surface area is 235 Å². The van der Waals surface area contributed by atoms with Crippen LogP contribution in [0.4, 0.5) is 17.3 Å². The Balaban J connectivity index is 1.45. The van der Waals surface area contributed by atoms with Crippen LogP contribution in [0.5, 0.6) is 5.75 Å². The van der Waals surface area contributed by atoms with Gasteiger partial charge < -0.3 is 19.7 Å². The molecular weight excluding hydrogens is 622 g/mol. The van der Waals surface area contributed by atoms with Gasteiger partial charge in [0.05, 0.1) is 43.5 Å². The standard InChI is InChI=1S/C27H26ClIN4O3P/c1-17-15-33(16-18(2)37(17)29)23-9-7-22(8-10-23)32-27-30-13-19(14-31-27)5-6-20-11-21(26(34)36-4)12-24(35-3)25(20)28/h7-14,17H,15-16H2,1-4H3,(H,30,31,32)/q+1/t17-/m1/s1. The van der Waals surface area contributed by atoms with Gasteiger partial charge in [-0.2, -0.15) is 0 Å². The van der Waals surface area contributed by atoms with E-state index in [2.05, 4.69) is 80.0 Å². The number of nitrogens with zero attached hydrogens (tertiary/aromatic N) is 3. The average Bonchev–Trinajstić information content (AvgIpc) is 2.91. The van der Waals surface area contributed by atoms with Crippen molar-refractivity contribution >= 4 is 67.4 Å². The van der Waals surface area contributed by atoms with Gasteiger partial charge in [0.2, 0.25) is 28.0 Å². The van der Waals surface area contributed by atoms with E-state index in [4.69, 9.17) is 21.1 Å². The van der Waals surface area contributed by atoms with Crippen LogP contribution in [0.15, 0.2) is 48.8 Å². The van der Waals surface area contributed by atoms with Crippen molar-refractivity contribution in [2.45, 2.75) is 19.5 Å². The number of hydrogen-bond donors (Lipinski definition) is 1. The highest BCUT2D eigenvalue weighted by molar-refractivity contribution is 14.2. The maximum absolute atomic E-state index is 11.9. The first-order valence-corrected chi connectivity index (χ1v) is 16.1. The highest BCUT2D eigenvalue weighted by atomic mass is 127. The third kappa shape index (κ3) is 6.53. The fourth-order valence-corrected chi connectivity index (χ4v) is 6.54. The Hall–Kier alpha value is -2.86. The monoisotopic (exact) mass is 647 g/mol. The molecule has 190 valence electrons. The molecule has 1 N–H and O–H groups in total. The second-order valence-corrected chi connectivity index (χ2v) is 14.3. The number of hydrogen-bond acceptors (Lipinski definition) is 7. The highest BCUT2D eigenvalue weighted by Gasteiger charge is 2.30. The molecule has 1 aliphatic heterocycles. The summed E-state index contributed by atoms with van der Waals surface area (Å²) in [5.41, 5.74) is 4.15. The molecule has 2 heterocycles. The van der Waals surface area contributed by atoms with Crippen molar-refractivity contribution in [3.63, 3.8) is 0 Å². The van der Waals surface area contributed by atoms with Crippen molar-refractivity contribution in [1.82, 2.24) is 9.97 Å². The molecule has 1 aliphatic rings. The Morgan fingerprint density at radius 3 is 2.51 bits per heavy atom. The number of benzene rings is 2. The maximum Gasteiger partial charge on any atom is 0.338 e. The number of carbonyl (C=O) groups is 1. The predicted octanol–water partition coefficient (Wildman–Crippen LogP) is 6.30. The maximum atomic E-state index is 11.9. The van der Waals surface area contributed by atoms with Crippen LogP contribution in [-0.4, -0.2) is 54.2 Å². The molecule has 4 rings (SSSR count). The largest absolute Gasteiger partial charge is 0.495 e. The number of esters is 1. The molecule has 3 aromatic rings. The van der Waals surface area contributed by atoms with Crippen LogP contribution < -0.4 is 15.0 Å². The summed E-state index contributed by atoms with van der Waals surface area (Å²) in [4.78, 5) is 23.1. The lowest BCUT2D eigenvalue weighted by Crippen LogP contribution is -2.37. The van der Waals surface area contributed by atoms with Gasteiger partial charge in [0.15, 0.2) is 5.19 Å². The van der Waals surface area contributed by atoms with Gasteiger partial charge in [0, 0.05) is 29.3 Å². The van der Waals surface area contributed by atoms with E-state index in [0.717, 1.165) is 18.8 Å². The van der Waals surface area contributed by atoms with Crippen molar-refractivity contribution in [3.05, 3.63) is 70.5 Å². The van der Waals surface area contributed by atoms with E-state index in [-0.39, 0.29) is 5.19 Å². The van der Waals surface area contributed by atoms with E-state index in [1.807, 2.05) is 12.1 Å². The average molecular weight is 648 g/mol. The Morgan fingerprint density at radius 1 is 1.19 bits per heavy atom. The van der Waals surface area contributed by atoms with Crippen LogP contribution in [0, 0.1) is 11.8 Å². The van der Waals surface area contributed by atoms with E-state index >= 15 is 0 Å². The molecule has 10 heteroatoms. The van der Waals surface area contributed by atoms with Crippen molar-refractivity contribution in [1.29, 1.82) is 0 Å². The van der Waals surface area contributed by atoms with Crippen LogP contribution >= 0.6 is 38.8 Å². The third-order valence-corrected chi connectivity index (χ3v) is 13.3. The van der Waals surface area contributed by atoms with Crippen LogP contribution in [0.1, 0.15) is 35.3 Å². The smallest absolute Gasteiger partial charge is 0.338 e. The minimum atomic E-state index is -0.501. The lowest BCUT2D eigenvalue weighted by Gasteiger charge is -2.28. The summed E-state index contributed by atoms with van der Waals surface area (Å²) in [5, 5.41) is 5.09. The molecule has 0 saturated heterocycles. The SMILES string of the molecule is COC(=O)c1cc(C#Cc2cnc(Nc3ccc(N4CC(C)=[P+](I)[C@H](C)C4)cc3)nc2)c(Cl)c(OC)c1. The molecule has 0 spiro atoms. The summed E-state index contributed by atoms with van der Waals surface area (Å²) in [6.07, 6.45) is 3.25. The van der Waals surface area contributed by atoms with Crippen molar-refractivity contribution in [2.75, 3.05) is 37.5 Å².